The number of hydrogen-bond donors (Lipinski definition) is 0. The molecule has 0 radical (unpaired) electrons. The Morgan fingerprint density at radius 2 is 1.52 bits per heavy atom. The van der Waals surface area contributed by atoms with Crippen molar-refractivity contribution in [1.82, 2.24) is 9.88 Å². The fraction of sp³-hybridized carbons (Fsp3) is 0.400. The molecular formula is C25H31N3O2S. The molecule has 31 heavy (non-hydrogen) atoms. The van der Waals surface area contributed by atoms with Crippen LogP contribution in [0.5, 0.6) is 11.5 Å². The van der Waals surface area contributed by atoms with Crippen molar-refractivity contribution < 1.29 is 9.47 Å². The van der Waals surface area contributed by atoms with E-state index in [1.54, 1.807) is 25.6 Å². The molecule has 2 heterocycles. The van der Waals surface area contributed by atoms with E-state index < -0.39 is 0 Å². The zero-order valence-electron chi connectivity index (χ0n) is 18.4. The highest BCUT2D eigenvalue weighted by molar-refractivity contribution is 7.13. The molecule has 1 aliphatic heterocycles. The first-order valence-corrected chi connectivity index (χ1v) is 11.8. The van der Waals surface area contributed by atoms with Crippen LogP contribution in [0.25, 0.3) is 0 Å². The first-order valence-electron chi connectivity index (χ1n) is 10.9. The van der Waals surface area contributed by atoms with Gasteiger partial charge in [0.1, 0.15) is 11.5 Å². The van der Waals surface area contributed by atoms with Crippen molar-refractivity contribution >= 4 is 16.5 Å². The number of anilines is 1. The molecule has 6 heteroatoms. The van der Waals surface area contributed by atoms with Gasteiger partial charge in [-0.25, -0.2) is 4.98 Å². The zero-order chi connectivity index (χ0) is 21.5. The van der Waals surface area contributed by atoms with Gasteiger partial charge in [-0.3, -0.25) is 4.90 Å². The Balaban J connectivity index is 1.55. The third-order valence-corrected chi connectivity index (χ3v) is 6.61. The van der Waals surface area contributed by atoms with E-state index in [0.717, 1.165) is 36.3 Å². The SMILES string of the molecule is COc1cccc(CN(Cc2cccc(OC)c2)c2nc(CN3CCCCC3)cs2)c1. The molecule has 0 N–H and O–H groups in total. The van der Waals surface area contributed by atoms with E-state index in [9.17, 15) is 0 Å². The average molecular weight is 438 g/mol. The highest BCUT2D eigenvalue weighted by Crippen LogP contribution is 2.27. The summed E-state index contributed by atoms with van der Waals surface area (Å²) in [4.78, 5) is 9.89. The molecule has 3 aromatic rings. The summed E-state index contributed by atoms with van der Waals surface area (Å²) >= 11 is 1.73. The highest BCUT2D eigenvalue weighted by atomic mass is 32.1. The summed E-state index contributed by atoms with van der Waals surface area (Å²) in [6.45, 7) is 4.85. The maximum Gasteiger partial charge on any atom is 0.186 e. The van der Waals surface area contributed by atoms with Crippen LogP contribution in [0.4, 0.5) is 5.13 Å². The number of aromatic nitrogens is 1. The molecule has 1 saturated heterocycles. The minimum absolute atomic E-state index is 0.769. The Labute approximate surface area is 189 Å². The smallest absolute Gasteiger partial charge is 0.186 e. The van der Waals surface area contributed by atoms with E-state index in [2.05, 4.69) is 39.4 Å². The van der Waals surface area contributed by atoms with Crippen molar-refractivity contribution in [3.05, 3.63) is 70.7 Å². The molecule has 0 aliphatic carbocycles. The molecule has 0 spiro atoms. The number of thiazole rings is 1. The number of ether oxygens (including phenoxy) is 2. The van der Waals surface area contributed by atoms with E-state index in [-0.39, 0.29) is 0 Å². The van der Waals surface area contributed by atoms with Crippen LogP contribution in [0.15, 0.2) is 53.9 Å². The van der Waals surface area contributed by atoms with Crippen LogP contribution in [0, 0.1) is 0 Å². The van der Waals surface area contributed by atoms with Gasteiger partial charge in [0, 0.05) is 25.0 Å². The summed E-state index contributed by atoms with van der Waals surface area (Å²) in [5, 5.41) is 3.27. The van der Waals surface area contributed by atoms with Gasteiger partial charge in [-0.1, -0.05) is 30.7 Å². The van der Waals surface area contributed by atoms with Gasteiger partial charge in [0.25, 0.3) is 0 Å². The third kappa shape index (κ3) is 5.99. The lowest BCUT2D eigenvalue weighted by Crippen LogP contribution is -2.29. The highest BCUT2D eigenvalue weighted by Gasteiger charge is 2.16. The van der Waals surface area contributed by atoms with Crippen molar-refractivity contribution in [2.75, 3.05) is 32.2 Å². The Kier molecular flexibility index (Phi) is 7.43. The van der Waals surface area contributed by atoms with E-state index in [1.807, 2.05) is 24.3 Å². The maximum atomic E-state index is 5.43. The Morgan fingerprint density at radius 1 is 0.903 bits per heavy atom. The summed E-state index contributed by atoms with van der Waals surface area (Å²) in [6, 6.07) is 16.5. The molecule has 1 aliphatic rings. The predicted molar refractivity (Wildman–Crippen MR) is 127 cm³/mol. The number of rotatable bonds is 9. The molecule has 0 unspecified atom stereocenters. The monoisotopic (exact) mass is 437 g/mol. The number of hydrogen-bond acceptors (Lipinski definition) is 6. The second-order valence-corrected chi connectivity index (χ2v) is 8.85. The van der Waals surface area contributed by atoms with Gasteiger partial charge in [0.05, 0.1) is 19.9 Å². The number of nitrogens with zero attached hydrogens (tertiary/aromatic N) is 3. The molecule has 2 aromatic carbocycles. The molecule has 1 aromatic heterocycles. The Bertz CT molecular complexity index is 919. The number of likely N-dealkylation sites (tertiary alicyclic amines) is 1. The van der Waals surface area contributed by atoms with Gasteiger partial charge in [0.2, 0.25) is 0 Å². The van der Waals surface area contributed by atoms with Gasteiger partial charge in [-0.15, -0.1) is 11.3 Å². The lowest BCUT2D eigenvalue weighted by atomic mass is 10.1. The van der Waals surface area contributed by atoms with Crippen molar-refractivity contribution in [1.29, 1.82) is 0 Å². The minimum Gasteiger partial charge on any atom is -0.497 e. The van der Waals surface area contributed by atoms with Crippen LogP contribution in [-0.4, -0.2) is 37.2 Å². The number of methoxy groups -OCH3 is 2. The summed E-state index contributed by atoms with van der Waals surface area (Å²) in [5.74, 6) is 1.76. The van der Waals surface area contributed by atoms with Crippen LogP contribution in [-0.2, 0) is 19.6 Å². The zero-order valence-corrected chi connectivity index (χ0v) is 19.2. The minimum atomic E-state index is 0.769. The van der Waals surface area contributed by atoms with Gasteiger partial charge in [0.15, 0.2) is 5.13 Å². The lowest BCUT2D eigenvalue weighted by Gasteiger charge is -2.25. The third-order valence-electron chi connectivity index (χ3n) is 5.66. The molecule has 0 amide bonds. The molecule has 164 valence electrons. The second kappa shape index (κ2) is 10.6. The first-order chi connectivity index (χ1) is 15.2. The van der Waals surface area contributed by atoms with Crippen LogP contribution >= 0.6 is 11.3 Å². The standard InChI is InChI=1S/C25H31N3O2S/c1-29-23-10-6-8-20(14-23)16-28(17-21-9-7-11-24(15-21)30-2)25-26-22(19-31-25)18-27-12-4-3-5-13-27/h6-11,14-15,19H,3-5,12-13,16-18H2,1-2H3. The molecule has 0 atom stereocenters. The summed E-state index contributed by atoms with van der Waals surface area (Å²) in [5.41, 5.74) is 3.58. The molecule has 4 rings (SSSR count). The average Bonchev–Trinajstić information content (AvgIpc) is 3.28. The van der Waals surface area contributed by atoms with E-state index in [4.69, 9.17) is 14.5 Å². The fourth-order valence-electron chi connectivity index (χ4n) is 4.03. The van der Waals surface area contributed by atoms with Crippen molar-refractivity contribution in [2.24, 2.45) is 0 Å². The van der Waals surface area contributed by atoms with Gasteiger partial charge < -0.3 is 14.4 Å². The van der Waals surface area contributed by atoms with Crippen LogP contribution in [0.3, 0.4) is 0 Å². The largest absolute Gasteiger partial charge is 0.497 e. The van der Waals surface area contributed by atoms with Crippen LogP contribution in [0.1, 0.15) is 36.1 Å². The van der Waals surface area contributed by atoms with Crippen molar-refractivity contribution in [3.8, 4) is 11.5 Å². The topological polar surface area (TPSA) is 37.8 Å². The van der Waals surface area contributed by atoms with E-state index in [0.29, 0.717) is 0 Å². The molecule has 1 fully saturated rings. The summed E-state index contributed by atoms with van der Waals surface area (Å²) in [7, 11) is 3.42. The Hall–Kier alpha value is -2.57. The second-order valence-electron chi connectivity index (χ2n) is 8.02. The molecule has 0 bridgehead atoms. The molecule has 5 nitrogen and oxygen atoms in total. The fourth-order valence-corrected chi connectivity index (χ4v) is 4.85. The van der Waals surface area contributed by atoms with E-state index >= 15 is 0 Å². The maximum absolute atomic E-state index is 5.43. The number of benzene rings is 2. The molecule has 0 saturated carbocycles. The molecular weight excluding hydrogens is 406 g/mol. The van der Waals surface area contributed by atoms with E-state index in [1.165, 1.54) is 49.2 Å². The summed E-state index contributed by atoms with van der Waals surface area (Å²) in [6.07, 6.45) is 3.96. The Morgan fingerprint density at radius 3 is 2.10 bits per heavy atom. The summed E-state index contributed by atoms with van der Waals surface area (Å²) < 4.78 is 10.9. The van der Waals surface area contributed by atoms with Crippen LogP contribution < -0.4 is 14.4 Å². The van der Waals surface area contributed by atoms with Gasteiger partial charge in [-0.2, -0.15) is 0 Å². The van der Waals surface area contributed by atoms with Crippen LogP contribution in [0.2, 0.25) is 0 Å². The van der Waals surface area contributed by atoms with Gasteiger partial charge >= 0.3 is 0 Å². The van der Waals surface area contributed by atoms with Crippen molar-refractivity contribution in [2.45, 2.75) is 38.9 Å². The van der Waals surface area contributed by atoms with Gasteiger partial charge in [-0.05, 0) is 61.3 Å². The lowest BCUT2D eigenvalue weighted by molar-refractivity contribution is 0.219. The van der Waals surface area contributed by atoms with Crippen molar-refractivity contribution in [3.63, 3.8) is 0 Å². The first kappa shape index (κ1) is 21.7. The quantitative estimate of drug-likeness (QED) is 0.451. The normalized spacial score (nSPS) is 14.4. The number of piperidine rings is 1. The predicted octanol–water partition coefficient (Wildman–Crippen LogP) is 5.35.